The second-order valence-electron chi connectivity index (χ2n) is 6.15. The lowest BCUT2D eigenvalue weighted by molar-refractivity contribution is -0.136. The summed E-state index contributed by atoms with van der Waals surface area (Å²) in [5.74, 6) is -1.01. The van der Waals surface area contributed by atoms with E-state index in [1.807, 2.05) is 13.8 Å². The largest absolute Gasteiger partial charge is 0.508 e. The first kappa shape index (κ1) is 20.9. The first-order valence-electron chi connectivity index (χ1n) is 7.81. The summed E-state index contributed by atoms with van der Waals surface area (Å²) in [6, 6.07) is 7.41. The van der Waals surface area contributed by atoms with Gasteiger partial charge in [0.25, 0.3) is 0 Å². The Balaban J connectivity index is 2.66. The van der Waals surface area contributed by atoms with Crippen LogP contribution in [-0.4, -0.2) is 24.6 Å². The Bertz CT molecular complexity index is 952. The first-order chi connectivity index (χ1) is 12.0. The van der Waals surface area contributed by atoms with Gasteiger partial charge in [-0.05, 0) is 69.7 Å². The van der Waals surface area contributed by atoms with Crippen molar-refractivity contribution in [1.82, 2.24) is 0 Å². The van der Waals surface area contributed by atoms with Gasteiger partial charge in [-0.1, -0.05) is 29.8 Å². The lowest BCUT2D eigenvalue weighted by atomic mass is 10.0. The predicted octanol–water partition coefficient (Wildman–Crippen LogP) is 4.89. The molecule has 5 nitrogen and oxygen atoms in total. The minimum Gasteiger partial charge on any atom is -0.508 e. The predicted molar refractivity (Wildman–Crippen MR) is 105 cm³/mol. The van der Waals surface area contributed by atoms with Gasteiger partial charge in [-0.2, -0.15) is 0 Å². The van der Waals surface area contributed by atoms with Gasteiger partial charge >= 0.3 is 5.97 Å². The number of carboxylic acids is 1. The molecule has 0 atom stereocenters. The van der Waals surface area contributed by atoms with E-state index in [4.69, 9.17) is 5.11 Å². The third kappa shape index (κ3) is 4.47. The summed E-state index contributed by atoms with van der Waals surface area (Å²) in [7, 11) is -3.91. The lowest BCUT2D eigenvalue weighted by Crippen LogP contribution is -2.09. The summed E-state index contributed by atoms with van der Waals surface area (Å²) in [6.07, 6.45) is -0.102. The zero-order valence-corrected chi connectivity index (χ0v) is 18.2. The first-order valence-corrected chi connectivity index (χ1v) is 10.9. The molecule has 26 heavy (non-hydrogen) atoms. The van der Waals surface area contributed by atoms with E-state index in [0.29, 0.717) is 20.1 Å². The SMILES string of the molecule is CC(C)c1cc(S(=O)(=O)c2c(Br)cc(Br)cc2CCC(=O)O)ccc1O. The van der Waals surface area contributed by atoms with Crippen LogP contribution in [0.25, 0.3) is 0 Å². The van der Waals surface area contributed by atoms with Crippen molar-refractivity contribution in [3.05, 3.63) is 50.4 Å². The number of hydrogen-bond acceptors (Lipinski definition) is 4. The number of hydrogen-bond donors (Lipinski definition) is 2. The van der Waals surface area contributed by atoms with Gasteiger partial charge in [0.05, 0.1) is 9.79 Å². The maximum Gasteiger partial charge on any atom is 0.303 e. The van der Waals surface area contributed by atoms with Crippen molar-refractivity contribution < 1.29 is 23.4 Å². The van der Waals surface area contributed by atoms with Gasteiger partial charge in [0.15, 0.2) is 0 Å². The van der Waals surface area contributed by atoms with Crippen LogP contribution in [0.4, 0.5) is 0 Å². The molecule has 2 rings (SSSR count). The number of aliphatic carboxylic acids is 1. The van der Waals surface area contributed by atoms with Crippen molar-refractivity contribution >= 4 is 47.7 Å². The average molecular weight is 506 g/mol. The summed E-state index contributed by atoms with van der Waals surface area (Å²) in [5.41, 5.74) is 0.944. The second kappa shape index (κ2) is 8.10. The summed E-state index contributed by atoms with van der Waals surface area (Å²) >= 11 is 6.61. The zero-order chi connectivity index (χ0) is 19.6. The minimum atomic E-state index is -3.91. The molecule has 2 aromatic rings. The van der Waals surface area contributed by atoms with Crippen molar-refractivity contribution in [2.24, 2.45) is 0 Å². The van der Waals surface area contributed by atoms with E-state index in [9.17, 15) is 18.3 Å². The summed E-state index contributed by atoms with van der Waals surface area (Å²) in [6.45, 7) is 3.72. The van der Waals surface area contributed by atoms with Gasteiger partial charge in [0.1, 0.15) is 5.75 Å². The number of sulfone groups is 1. The highest BCUT2D eigenvalue weighted by Crippen LogP contribution is 2.36. The van der Waals surface area contributed by atoms with Gasteiger partial charge < -0.3 is 10.2 Å². The molecule has 2 N–H and O–H groups in total. The number of phenolic OH excluding ortho intramolecular Hbond substituents is 1. The highest BCUT2D eigenvalue weighted by Gasteiger charge is 2.26. The fourth-order valence-corrected chi connectivity index (χ4v) is 6.16. The van der Waals surface area contributed by atoms with Crippen LogP contribution >= 0.6 is 31.9 Å². The molecular weight excluding hydrogens is 488 g/mol. The Hall–Kier alpha value is -1.38. The van der Waals surface area contributed by atoms with Crippen molar-refractivity contribution in [3.63, 3.8) is 0 Å². The molecule has 0 radical (unpaired) electrons. The van der Waals surface area contributed by atoms with E-state index >= 15 is 0 Å². The van der Waals surface area contributed by atoms with Crippen LogP contribution in [0.5, 0.6) is 5.75 Å². The molecule has 0 aliphatic carbocycles. The highest BCUT2D eigenvalue weighted by molar-refractivity contribution is 9.11. The number of aryl methyl sites for hydroxylation is 1. The van der Waals surface area contributed by atoms with Crippen LogP contribution in [0.1, 0.15) is 37.3 Å². The van der Waals surface area contributed by atoms with Gasteiger partial charge in [-0.25, -0.2) is 8.42 Å². The van der Waals surface area contributed by atoms with Crippen LogP contribution in [0.3, 0.4) is 0 Å². The van der Waals surface area contributed by atoms with E-state index in [1.165, 1.54) is 18.2 Å². The smallest absolute Gasteiger partial charge is 0.303 e. The number of benzene rings is 2. The van der Waals surface area contributed by atoms with Crippen LogP contribution in [0, 0.1) is 0 Å². The number of rotatable bonds is 6. The van der Waals surface area contributed by atoms with Crippen molar-refractivity contribution in [2.45, 2.75) is 42.4 Å². The monoisotopic (exact) mass is 504 g/mol. The molecule has 0 saturated carbocycles. The molecule has 0 amide bonds. The lowest BCUT2D eigenvalue weighted by Gasteiger charge is -2.15. The molecule has 0 bridgehead atoms. The standard InChI is InChI=1S/C18H18Br2O5S/c1-10(2)14-9-13(4-5-16(14)21)26(24,25)18-11(3-6-17(22)23)7-12(19)8-15(18)20/h4-5,7-10,21H,3,6H2,1-2H3,(H,22,23). The number of carboxylic acid groups (broad SMARTS) is 1. The van der Waals surface area contributed by atoms with Crippen molar-refractivity contribution in [3.8, 4) is 5.75 Å². The van der Waals surface area contributed by atoms with Gasteiger partial charge in [-0.15, -0.1) is 0 Å². The van der Waals surface area contributed by atoms with Gasteiger partial charge in [-0.3, -0.25) is 4.79 Å². The molecule has 0 fully saturated rings. The zero-order valence-electron chi connectivity index (χ0n) is 14.2. The van der Waals surface area contributed by atoms with E-state index in [0.717, 1.165) is 0 Å². The molecule has 0 spiro atoms. The van der Waals surface area contributed by atoms with Crippen molar-refractivity contribution in [1.29, 1.82) is 0 Å². The van der Waals surface area contributed by atoms with E-state index in [1.54, 1.807) is 12.1 Å². The maximum absolute atomic E-state index is 13.2. The van der Waals surface area contributed by atoms with E-state index in [-0.39, 0.29) is 34.3 Å². The Kier molecular flexibility index (Phi) is 6.52. The Morgan fingerprint density at radius 2 is 1.81 bits per heavy atom. The molecule has 0 aliphatic rings. The number of carbonyl (C=O) groups is 1. The Labute approximate surface area is 169 Å². The van der Waals surface area contributed by atoms with Crippen LogP contribution < -0.4 is 0 Å². The quantitative estimate of drug-likeness (QED) is 0.583. The Morgan fingerprint density at radius 3 is 2.38 bits per heavy atom. The molecular formula is C18H18Br2O5S. The topological polar surface area (TPSA) is 91.7 Å². The molecule has 0 aliphatic heterocycles. The van der Waals surface area contributed by atoms with Gasteiger partial charge in [0, 0.05) is 15.4 Å². The maximum atomic E-state index is 13.2. The summed E-state index contributed by atoms with van der Waals surface area (Å²) in [4.78, 5) is 11.0. The number of aromatic hydroxyl groups is 1. The van der Waals surface area contributed by atoms with E-state index < -0.39 is 15.8 Å². The molecule has 8 heteroatoms. The third-order valence-electron chi connectivity index (χ3n) is 3.89. The molecule has 0 aromatic heterocycles. The normalized spacial score (nSPS) is 11.7. The fourth-order valence-electron chi connectivity index (χ4n) is 2.62. The second-order valence-corrected chi connectivity index (χ2v) is 9.80. The molecule has 0 unspecified atom stereocenters. The third-order valence-corrected chi connectivity index (χ3v) is 7.13. The summed E-state index contributed by atoms with van der Waals surface area (Å²) < 4.78 is 27.5. The molecule has 0 heterocycles. The van der Waals surface area contributed by atoms with Crippen molar-refractivity contribution in [2.75, 3.05) is 0 Å². The average Bonchev–Trinajstić information content (AvgIpc) is 2.51. The molecule has 140 valence electrons. The highest BCUT2D eigenvalue weighted by atomic mass is 79.9. The van der Waals surface area contributed by atoms with Crippen LogP contribution in [0.15, 0.2) is 49.1 Å². The van der Waals surface area contributed by atoms with Crippen LogP contribution in [-0.2, 0) is 21.1 Å². The van der Waals surface area contributed by atoms with Gasteiger partial charge in [0.2, 0.25) is 9.84 Å². The van der Waals surface area contributed by atoms with E-state index in [2.05, 4.69) is 31.9 Å². The Morgan fingerprint density at radius 1 is 1.15 bits per heavy atom. The molecule has 2 aromatic carbocycles. The molecule has 0 saturated heterocycles. The minimum absolute atomic E-state index is 0.0416. The number of halogens is 2. The number of phenols is 1. The summed E-state index contributed by atoms with van der Waals surface area (Å²) in [5, 5.41) is 18.9. The van der Waals surface area contributed by atoms with Crippen LogP contribution in [0.2, 0.25) is 0 Å². The fraction of sp³-hybridized carbons (Fsp3) is 0.278.